The van der Waals surface area contributed by atoms with Crippen molar-refractivity contribution in [1.82, 2.24) is 5.32 Å². The lowest BCUT2D eigenvalue weighted by molar-refractivity contribution is 0.0548. The summed E-state index contributed by atoms with van der Waals surface area (Å²) >= 11 is 3.24. The van der Waals surface area contributed by atoms with Gasteiger partial charge < -0.3 is 15.5 Å². The molecule has 0 fully saturated rings. The summed E-state index contributed by atoms with van der Waals surface area (Å²) < 4.78 is 0.872. The van der Waals surface area contributed by atoms with Crippen LogP contribution in [-0.4, -0.2) is 29.0 Å². The first-order valence-corrected chi connectivity index (χ1v) is 4.78. The minimum atomic E-state index is -1.22. The van der Waals surface area contributed by atoms with Crippen molar-refractivity contribution in [1.29, 1.82) is 0 Å². The summed E-state index contributed by atoms with van der Waals surface area (Å²) in [7, 11) is 0. The lowest BCUT2D eigenvalue weighted by Gasteiger charge is -2.09. The quantitative estimate of drug-likeness (QED) is 0.693. The first-order chi connectivity index (χ1) is 6.63. The average Bonchev–Trinajstić information content (AvgIpc) is 2.18. The summed E-state index contributed by atoms with van der Waals surface area (Å²) in [4.78, 5) is 11.3. The zero-order valence-electron chi connectivity index (χ0n) is 7.27. The maximum absolute atomic E-state index is 11.3. The number of hydrogen-bond donors (Lipinski definition) is 3. The van der Waals surface area contributed by atoms with Crippen molar-refractivity contribution in [2.45, 2.75) is 6.23 Å². The highest BCUT2D eigenvalue weighted by molar-refractivity contribution is 9.10. The number of halogens is 1. The van der Waals surface area contributed by atoms with Gasteiger partial charge in [-0.15, -0.1) is 0 Å². The second-order valence-electron chi connectivity index (χ2n) is 2.68. The number of benzene rings is 1. The van der Waals surface area contributed by atoms with Crippen molar-refractivity contribution in [3.05, 3.63) is 34.3 Å². The summed E-state index contributed by atoms with van der Waals surface area (Å²) in [5.41, 5.74) is 0.431. The number of hydrogen-bond acceptors (Lipinski definition) is 3. The monoisotopic (exact) mass is 259 g/mol. The van der Waals surface area contributed by atoms with Gasteiger partial charge in [-0.2, -0.15) is 0 Å². The summed E-state index contributed by atoms with van der Waals surface area (Å²) in [5, 5.41) is 19.7. The van der Waals surface area contributed by atoms with E-state index in [9.17, 15) is 4.79 Å². The number of nitrogens with one attached hydrogen (secondary N) is 1. The minimum absolute atomic E-state index is 0.418. The summed E-state index contributed by atoms with van der Waals surface area (Å²) in [6, 6.07) is 6.67. The third-order valence-electron chi connectivity index (χ3n) is 1.58. The van der Waals surface area contributed by atoms with Gasteiger partial charge in [0.1, 0.15) is 6.23 Å². The molecule has 1 atom stereocenters. The van der Waals surface area contributed by atoms with Gasteiger partial charge in [-0.05, 0) is 24.3 Å². The molecular weight excluding hydrogens is 250 g/mol. The predicted molar refractivity (Wildman–Crippen MR) is 54.7 cm³/mol. The van der Waals surface area contributed by atoms with Gasteiger partial charge in [0.05, 0.1) is 6.61 Å². The molecule has 0 spiro atoms. The maximum atomic E-state index is 11.3. The van der Waals surface area contributed by atoms with Crippen molar-refractivity contribution in [2.24, 2.45) is 0 Å². The normalized spacial score (nSPS) is 12.2. The molecule has 0 saturated heterocycles. The van der Waals surface area contributed by atoms with Gasteiger partial charge in [-0.3, -0.25) is 4.79 Å². The van der Waals surface area contributed by atoms with Crippen LogP contribution >= 0.6 is 15.9 Å². The van der Waals surface area contributed by atoms with Crippen LogP contribution in [0.25, 0.3) is 0 Å². The molecule has 1 unspecified atom stereocenters. The van der Waals surface area contributed by atoms with Gasteiger partial charge >= 0.3 is 0 Å². The largest absolute Gasteiger partial charge is 0.392 e. The number of rotatable bonds is 3. The third kappa shape index (κ3) is 3.10. The zero-order valence-corrected chi connectivity index (χ0v) is 8.86. The molecule has 0 aliphatic rings. The minimum Gasteiger partial charge on any atom is -0.392 e. The molecule has 0 heterocycles. The molecule has 1 rings (SSSR count). The SMILES string of the molecule is O=C(NC(O)CO)c1ccc(Br)cc1. The fourth-order valence-corrected chi connectivity index (χ4v) is 1.15. The van der Waals surface area contributed by atoms with Crippen molar-refractivity contribution in [2.75, 3.05) is 6.61 Å². The van der Waals surface area contributed by atoms with Crippen LogP contribution in [0.2, 0.25) is 0 Å². The Balaban J connectivity index is 2.65. The van der Waals surface area contributed by atoms with E-state index in [0.717, 1.165) is 4.47 Å². The van der Waals surface area contributed by atoms with Crippen LogP contribution in [0.3, 0.4) is 0 Å². The molecule has 0 radical (unpaired) electrons. The maximum Gasteiger partial charge on any atom is 0.253 e. The Morgan fingerprint density at radius 2 is 2.00 bits per heavy atom. The molecule has 0 aliphatic carbocycles. The van der Waals surface area contributed by atoms with E-state index in [1.165, 1.54) is 0 Å². The van der Waals surface area contributed by atoms with Crippen molar-refractivity contribution >= 4 is 21.8 Å². The molecule has 0 aromatic heterocycles. The van der Waals surface area contributed by atoms with E-state index in [-0.39, 0.29) is 0 Å². The third-order valence-corrected chi connectivity index (χ3v) is 2.11. The lowest BCUT2D eigenvalue weighted by atomic mass is 10.2. The highest BCUT2D eigenvalue weighted by Crippen LogP contribution is 2.10. The second kappa shape index (κ2) is 5.09. The Labute approximate surface area is 89.7 Å². The summed E-state index contributed by atoms with van der Waals surface area (Å²) in [6.45, 7) is -0.498. The highest BCUT2D eigenvalue weighted by Gasteiger charge is 2.08. The fraction of sp³-hybridized carbons (Fsp3) is 0.222. The average molecular weight is 260 g/mol. The Hall–Kier alpha value is -0.910. The Kier molecular flexibility index (Phi) is 4.06. The van der Waals surface area contributed by atoms with Gasteiger partial charge in [0, 0.05) is 10.0 Å². The molecule has 0 aliphatic heterocycles. The first kappa shape index (κ1) is 11.2. The Morgan fingerprint density at radius 1 is 1.43 bits per heavy atom. The lowest BCUT2D eigenvalue weighted by Crippen LogP contribution is -2.37. The van der Waals surface area contributed by atoms with Crippen molar-refractivity contribution in [3.63, 3.8) is 0 Å². The second-order valence-corrected chi connectivity index (χ2v) is 3.59. The van der Waals surface area contributed by atoms with E-state index in [1.54, 1.807) is 24.3 Å². The van der Waals surface area contributed by atoms with Crippen LogP contribution in [0, 0.1) is 0 Å². The highest BCUT2D eigenvalue weighted by atomic mass is 79.9. The van der Waals surface area contributed by atoms with E-state index in [2.05, 4.69) is 21.2 Å². The van der Waals surface area contributed by atoms with Crippen LogP contribution in [0.4, 0.5) is 0 Å². The number of aliphatic hydroxyl groups excluding tert-OH is 2. The van der Waals surface area contributed by atoms with Gasteiger partial charge in [0.25, 0.3) is 5.91 Å². The van der Waals surface area contributed by atoms with Gasteiger partial charge in [-0.25, -0.2) is 0 Å². The van der Waals surface area contributed by atoms with Crippen LogP contribution in [0.1, 0.15) is 10.4 Å². The van der Waals surface area contributed by atoms with E-state index in [4.69, 9.17) is 10.2 Å². The number of carbonyl (C=O) groups excluding carboxylic acids is 1. The van der Waals surface area contributed by atoms with Gasteiger partial charge in [0.15, 0.2) is 0 Å². The molecule has 1 amide bonds. The fourth-order valence-electron chi connectivity index (χ4n) is 0.882. The van der Waals surface area contributed by atoms with Crippen LogP contribution < -0.4 is 5.32 Å². The molecule has 1 aromatic rings. The molecule has 76 valence electrons. The summed E-state index contributed by atoms with van der Waals surface area (Å²) in [5.74, 6) is -0.418. The van der Waals surface area contributed by atoms with Crippen molar-refractivity contribution in [3.8, 4) is 0 Å². The molecule has 4 nitrogen and oxygen atoms in total. The van der Waals surface area contributed by atoms with E-state index in [1.807, 2.05) is 0 Å². The van der Waals surface area contributed by atoms with Crippen LogP contribution in [0.5, 0.6) is 0 Å². The predicted octanol–water partition coefficient (Wildman–Crippen LogP) is 0.490. The van der Waals surface area contributed by atoms with Gasteiger partial charge in [-0.1, -0.05) is 15.9 Å². The van der Waals surface area contributed by atoms with E-state index < -0.39 is 18.7 Å². The van der Waals surface area contributed by atoms with E-state index >= 15 is 0 Å². The van der Waals surface area contributed by atoms with Crippen LogP contribution in [0.15, 0.2) is 28.7 Å². The van der Waals surface area contributed by atoms with Crippen LogP contribution in [-0.2, 0) is 0 Å². The number of amides is 1. The molecule has 1 aromatic carbocycles. The molecule has 0 saturated carbocycles. The Morgan fingerprint density at radius 3 is 2.50 bits per heavy atom. The summed E-state index contributed by atoms with van der Waals surface area (Å²) in [6.07, 6.45) is -1.22. The first-order valence-electron chi connectivity index (χ1n) is 3.99. The van der Waals surface area contributed by atoms with E-state index in [0.29, 0.717) is 5.56 Å². The molecule has 3 N–H and O–H groups in total. The van der Waals surface area contributed by atoms with Gasteiger partial charge in [0.2, 0.25) is 0 Å². The smallest absolute Gasteiger partial charge is 0.253 e. The molecule has 14 heavy (non-hydrogen) atoms. The molecular formula is C9H10BrNO3. The zero-order chi connectivity index (χ0) is 10.6. The molecule has 5 heteroatoms. The molecule has 0 bridgehead atoms. The Bertz CT molecular complexity index is 312. The topological polar surface area (TPSA) is 69.6 Å². The number of aliphatic hydroxyl groups is 2. The number of carbonyl (C=O) groups is 1. The van der Waals surface area contributed by atoms with Crippen molar-refractivity contribution < 1.29 is 15.0 Å². The standard InChI is InChI=1S/C9H10BrNO3/c10-7-3-1-6(2-4-7)9(14)11-8(13)5-12/h1-4,8,12-13H,5H2,(H,11,14).